The molecule has 0 radical (unpaired) electrons. The van der Waals surface area contributed by atoms with Crippen molar-refractivity contribution >= 4 is 0 Å². The molecule has 2 unspecified atom stereocenters. The minimum absolute atomic E-state index is 0.0828. The van der Waals surface area contributed by atoms with E-state index < -0.39 is 0 Å². The molecule has 0 aromatic heterocycles. The van der Waals surface area contributed by atoms with Crippen molar-refractivity contribution < 1.29 is 4.39 Å². The number of piperidine rings is 1. The van der Waals surface area contributed by atoms with E-state index in [2.05, 4.69) is 5.32 Å². The van der Waals surface area contributed by atoms with Crippen molar-refractivity contribution in [2.75, 3.05) is 13.1 Å². The van der Waals surface area contributed by atoms with Crippen LogP contribution < -0.4 is 5.32 Å². The lowest BCUT2D eigenvalue weighted by atomic mass is 9.70. The van der Waals surface area contributed by atoms with Crippen LogP contribution in [0.1, 0.15) is 17.5 Å². The lowest BCUT2D eigenvalue weighted by molar-refractivity contribution is 0.555. The van der Waals surface area contributed by atoms with E-state index >= 15 is 0 Å². The van der Waals surface area contributed by atoms with Crippen molar-refractivity contribution in [1.29, 1.82) is 0 Å². The molecule has 2 heteroatoms. The first kappa shape index (κ1) is 6.55. The quantitative estimate of drug-likeness (QED) is 0.627. The molecule has 1 saturated carbocycles. The van der Waals surface area contributed by atoms with Gasteiger partial charge in [0.2, 0.25) is 0 Å². The monoisotopic (exact) mass is 175 g/mol. The molecular formula is C11H10FN. The fraction of sp³-hybridized carbons (Fsp3) is 0.455. The van der Waals surface area contributed by atoms with Crippen LogP contribution in [0.3, 0.4) is 0 Å². The van der Waals surface area contributed by atoms with Crippen LogP contribution in [0.15, 0.2) is 18.2 Å². The molecule has 1 aliphatic heterocycles. The summed E-state index contributed by atoms with van der Waals surface area (Å²) in [5.74, 6) is -0.0828. The Kier molecular flexibility index (Phi) is 0.778. The van der Waals surface area contributed by atoms with Crippen molar-refractivity contribution in [3.8, 4) is 0 Å². The standard InChI is InChI=1S/C11H10FN/c12-7-1-2-8-9(3-7)11-4-10(8,11)5-13-6-11/h1-3,13H,4-6H2. The maximum atomic E-state index is 13.0. The average molecular weight is 175 g/mol. The zero-order chi connectivity index (χ0) is 8.68. The van der Waals surface area contributed by atoms with Crippen LogP contribution in [0.2, 0.25) is 0 Å². The summed E-state index contributed by atoms with van der Waals surface area (Å²) in [4.78, 5) is 0. The maximum absolute atomic E-state index is 13.0. The van der Waals surface area contributed by atoms with Gasteiger partial charge in [-0.1, -0.05) is 6.07 Å². The summed E-state index contributed by atoms with van der Waals surface area (Å²) in [6, 6.07) is 5.30. The Bertz CT molecular complexity index is 428. The molecule has 4 rings (SSSR count). The summed E-state index contributed by atoms with van der Waals surface area (Å²) < 4.78 is 13.0. The van der Waals surface area contributed by atoms with E-state index in [0.717, 1.165) is 13.1 Å². The summed E-state index contributed by atoms with van der Waals surface area (Å²) in [5, 5.41) is 3.41. The van der Waals surface area contributed by atoms with Gasteiger partial charge in [0, 0.05) is 23.9 Å². The second-order valence-electron chi connectivity index (χ2n) is 4.63. The van der Waals surface area contributed by atoms with Crippen LogP contribution >= 0.6 is 0 Å². The molecule has 1 nitrogen and oxygen atoms in total. The lowest BCUT2D eigenvalue weighted by Gasteiger charge is -2.32. The molecule has 1 aromatic rings. The third kappa shape index (κ3) is 0.453. The molecule has 1 saturated heterocycles. The van der Waals surface area contributed by atoms with Gasteiger partial charge in [0.1, 0.15) is 5.82 Å². The van der Waals surface area contributed by atoms with Gasteiger partial charge >= 0.3 is 0 Å². The number of hydrogen-bond acceptors (Lipinski definition) is 1. The van der Waals surface area contributed by atoms with E-state index in [9.17, 15) is 4.39 Å². The molecule has 3 aliphatic rings. The highest BCUT2D eigenvalue weighted by molar-refractivity contribution is 5.67. The zero-order valence-corrected chi connectivity index (χ0v) is 7.23. The first-order chi connectivity index (χ1) is 6.29. The molecule has 1 aromatic carbocycles. The molecule has 0 amide bonds. The number of hydrogen-bond donors (Lipinski definition) is 1. The first-order valence-corrected chi connectivity index (χ1v) is 4.80. The number of rotatable bonds is 0. The Morgan fingerprint density at radius 1 is 1.15 bits per heavy atom. The van der Waals surface area contributed by atoms with E-state index in [1.807, 2.05) is 6.07 Å². The van der Waals surface area contributed by atoms with Crippen molar-refractivity contribution in [3.05, 3.63) is 35.1 Å². The van der Waals surface area contributed by atoms with Crippen molar-refractivity contribution in [3.63, 3.8) is 0 Å². The van der Waals surface area contributed by atoms with Gasteiger partial charge in [-0.15, -0.1) is 0 Å². The van der Waals surface area contributed by atoms with Crippen LogP contribution in [0.25, 0.3) is 0 Å². The number of benzene rings is 1. The lowest BCUT2D eigenvalue weighted by Crippen LogP contribution is -2.33. The van der Waals surface area contributed by atoms with Gasteiger partial charge in [0.15, 0.2) is 0 Å². The Hall–Kier alpha value is -0.890. The first-order valence-electron chi connectivity index (χ1n) is 4.80. The molecule has 13 heavy (non-hydrogen) atoms. The summed E-state index contributed by atoms with van der Waals surface area (Å²) in [6.07, 6.45) is 1.26. The fourth-order valence-corrected chi connectivity index (χ4v) is 3.59. The van der Waals surface area contributed by atoms with E-state index in [-0.39, 0.29) is 5.82 Å². The third-order valence-electron chi connectivity index (χ3n) is 4.26. The van der Waals surface area contributed by atoms with Gasteiger partial charge in [-0.05, 0) is 29.7 Å². The Morgan fingerprint density at radius 3 is 2.77 bits per heavy atom. The molecule has 0 bridgehead atoms. The largest absolute Gasteiger partial charge is 0.315 e. The second kappa shape index (κ2) is 1.55. The van der Waals surface area contributed by atoms with Crippen LogP contribution in [0.4, 0.5) is 4.39 Å². The Morgan fingerprint density at radius 2 is 1.92 bits per heavy atom. The summed E-state index contributed by atoms with van der Waals surface area (Å²) in [7, 11) is 0. The zero-order valence-electron chi connectivity index (χ0n) is 7.23. The maximum Gasteiger partial charge on any atom is 0.123 e. The molecule has 66 valence electrons. The summed E-state index contributed by atoms with van der Waals surface area (Å²) in [5.41, 5.74) is 3.46. The smallest absolute Gasteiger partial charge is 0.123 e. The SMILES string of the molecule is Fc1ccc2c(c1)C13CNCC21C3. The van der Waals surface area contributed by atoms with E-state index in [0.29, 0.717) is 10.8 Å². The highest BCUT2D eigenvalue weighted by Gasteiger charge is 2.79. The molecular weight excluding hydrogens is 165 g/mol. The minimum Gasteiger partial charge on any atom is -0.315 e. The summed E-state index contributed by atoms with van der Waals surface area (Å²) >= 11 is 0. The van der Waals surface area contributed by atoms with Crippen LogP contribution in [0.5, 0.6) is 0 Å². The average Bonchev–Trinajstić information content (AvgIpc) is 2.59. The van der Waals surface area contributed by atoms with E-state index in [1.165, 1.54) is 17.5 Å². The Labute approximate surface area is 76.0 Å². The van der Waals surface area contributed by atoms with Crippen molar-refractivity contribution in [2.45, 2.75) is 17.3 Å². The summed E-state index contributed by atoms with van der Waals surface area (Å²) in [6.45, 7) is 2.16. The molecule has 0 spiro atoms. The minimum atomic E-state index is -0.0828. The highest BCUT2D eigenvalue weighted by atomic mass is 19.1. The predicted molar refractivity (Wildman–Crippen MR) is 47.2 cm³/mol. The predicted octanol–water partition coefficient (Wildman–Crippen LogP) is 1.32. The van der Waals surface area contributed by atoms with E-state index in [4.69, 9.17) is 0 Å². The second-order valence-corrected chi connectivity index (χ2v) is 4.63. The van der Waals surface area contributed by atoms with Crippen LogP contribution in [0, 0.1) is 5.82 Å². The fourth-order valence-electron chi connectivity index (χ4n) is 3.59. The van der Waals surface area contributed by atoms with Gasteiger partial charge < -0.3 is 5.32 Å². The van der Waals surface area contributed by atoms with Crippen molar-refractivity contribution in [1.82, 2.24) is 5.32 Å². The molecule has 2 fully saturated rings. The van der Waals surface area contributed by atoms with Gasteiger partial charge in [-0.25, -0.2) is 4.39 Å². The van der Waals surface area contributed by atoms with Gasteiger partial charge in [0.25, 0.3) is 0 Å². The number of nitrogens with one attached hydrogen (secondary N) is 1. The van der Waals surface area contributed by atoms with Gasteiger partial charge in [-0.2, -0.15) is 0 Å². The van der Waals surface area contributed by atoms with Crippen LogP contribution in [-0.4, -0.2) is 13.1 Å². The molecule has 2 atom stereocenters. The topological polar surface area (TPSA) is 12.0 Å². The van der Waals surface area contributed by atoms with Crippen molar-refractivity contribution in [2.24, 2.45) is 0 Å². The normalized spacial score (nSPS) is 43.2. The number of fused-ring (bicyclic) bond motifs is 1. The molecule has 2 aliphatic carbocycles. The molecule has 1 N–H and O–H groups in total. The number of halogens is 1. The van der Waals surface area contributed by atoms with Gasteiger partial charge in [0.05, 0.1) is 0 Å². The van der Waals surface area contributed by atoms with Crippen LogP contribution in [-0.2, 0) is 10.8 Å². The molecule has 1 heterocycles. The third-order valence-corrected chi connectivity index (χ3v) is 4.26. The highest BCUT2D eigenvalue weighted by Crippen LogP contribution is 2.76. The van der Waals surface area contributed by atoms with E-state index in [1.54, 1.807) is 12.1 Å². The van der Waals surface area contributed by atoms with Gasteiger partial charge in [-0.3, -0.25) is 0 Å². The Balaban J connectivity index is 2.01.